The van der Waals surface area contributed by atoms with E-state index in [4.69, 9.17) is 19.6 Å². The smallest absolute Gasteiger partial charge is 0.164 e. The summed E-state index contributed by atoms with van der Waals surface area (Å²) in [5.74, 6) is 1.18. The van der Waals surface area contributed by atoms with E-state index >= 15 is 0 Å². The Morgan fingerprint density at radius 3 is 2.82 bits per heavy atom. The van der Waals surface area contributed by atoms with E-state index in [1.54, 1.807) is 53.1 Å². The number of morpholine rings is 1. The molecule has 0 amide bonds. The largest absolute Gasteiger partial charge is 0.494 e. The Balaban J connectivity index is 1.44. The number of thiol groups is 1. The van der Waals surface area contributed by atoms with Crippen LogP contribution in [0.4, 0.5) is 5.82 Å². The summed E-state index contributed by atoms with van der Waals surface area (Å²) < 4.78 is 37.5. The van der Waals surface area contributed by atoms with Crippen molar-refractivity contribution >= 4 is 33.1 Å². The Morgan fingerprint density at radius 2 is 2.00 bits per heavy atom. The maximum Gasteiger partial charge on any atom is 0.164 e. The third kappa shape index (κ3) is 5.15. The lowest BCUT2D eigenvalue weighted by Crippen LogP contribution is -2.39. The number of nitrogens with one attached hydrogen (secondary N) is 1. The third-order valence-corrected chi connectivity index (χ3v) is 7.35. The van der Waals surface area contributed by atoms with Crippen LogP contribution in [0.3, 0.4) is 0 Å². The van der Waals surface area contributed by atoms with Crippen molar-refractivity contribution in [1.82, 2.24) is 34.3 Å². The molecule has 0 saturated carbocycles. The molecular formula is C26H28N8O4S. The lowest BCUT2D eigenvalue weighted by Gasteiger charge is -2.26. The molecule has 1 aliphatic heterocycles. The summed E-state index contributed by atoms with van der Waals surface area (Å²) >= 11 is 0. The Hall–Kier alpha value is -4.07. The molecule has 4 aromatic heterocycles. The summed E-state index contributed by atoms with van der Waals surface area (Å²) in [7, 11) is -1.00. The van der Waals surface area contributed by atoms with Crippen molar-refractivity contribution in [2.75, 3.05) is 51.8 Å². The van der Waals surface area contributed by atoms with Gasteiger partial charge in [0.05, 0.1) is 54.4 Å². The molecule has 202 valence electrons. The Bertz CT molecular complexity index is 1700. The second-order valence-corrected chi connectivity index (χ2v) is 10.2. The summed E-state index contributed by atoms with van der Waals surface area (Å²) in [6, 6.07) is 9.07. The number of anilines is 1. The number of hydrogen-bond donors (Lipinski definition) is 2. The highest BCUT2D eigenvalue weighted by Crippen LogP contribution is 2.33. The lowest BCUT2D eigenvalue weighted by atomic mass is 10.1. The van der Waals surface area contributed by atoms with Gasteiger partial charge in [-0.1, -0.05) is 6.07 Å². The first-order valence-corrected chi connectivity index (χ1v) is 14.0. The summed E-state index contributed by atoms with van der Waals surface area (Å²) in [5, 5.41) is 13.6. The molecule has 0 radical (unpaired) electrons. The predicted molar refractivity (Wildman–Crippen MR) is 147 cm³/mol. The van der Waals surface area contributed by atoms with Gasteiger partial charge in [-0.25, -0.2) is 22.6 Å². The van der Waals surface area contributed by atoms with Gasteiger partial charge < -0.3 is 14.8 Å². The van der Waals surface area contributed by atoms with E-state index < -0.39 is 10.7 Å². The van der Waals surface area contributed by atoms with Crippen LogP contribution in [0.25, 0.3) is 33.5 Å². The second-order valence-electron chi connectivity index (χ2n) is 9.17. The molecular weight excluding hydrogens is 520 g/mol. The summed E-state index contributed by atoms with van der Waals surface area (Å²) in [6.45, 7) is 4.84. The van der Waals surface area contributed by atoms with Crippen molar-refractivity contribution in [1.29, 1.82) is 0 Å². The molecule has 0 aliphatic carbocycles. The van der Waals surface area contributed by atoms with Crippen LogP contribution in [-0.4, -0.2) is 89.2 Å². The molecule has 1 N–H and O–H groups in total. The van der Waals surface area contributed by atoms with E-state index in [1.165, 1.54) is 0 Å². The van der Waals surface area contributed by atoms with Gasteiger partial charge in [-0.2, -0.15) is 5.10 Å². The van der Waals surface area contributed by atoms with E-state index in [2.05, 4.69) is 20.3 Å². The third-order valence-electron chi connectivity index (χ3n) is 6.73. The van der Waals surface area contributed by atoms with E-state index in [9.17, 15) is 8.42 Å². The molecule has 1 aromatic carbocycles. The van der Waals surface area contributed by atoms with Crippen LogP contribution in [0.5, 0.6) is 5.75 Å². The molecule has 5 aromatic rings. The Labute approximate surface area is 226 Å². The van der Waals surface area contributed by atoms with Crippen LogP contribution < -0.4 is 10.1 Å². The zero-order valence-electron chi connectivity index (χ0n) is 21.4. The van der Waals surface area contributed by atoms with Gasteiger partial charge >= 0.3 is 0 Å². The maximum atomic E-state index is 11.5. The van der Waals surface area contributed by atoms with Gasteiger partial charge in [-0.3, -0.25) is 9.88 Å². The standard InChI is InChI=1S/C26H28N8O4S/c1-37-24-4-3-18(17-39(35)36)13-23(24)34-22-14-21(19-16-30-33-7-2-5-28-26(19)33)29-15-20(22)25(31-34)27-6-8-32-9-11-38-12-10-32/h2-5,7,13-16,39H,6,8-12,17H2,1H3,(H,27,31). The minimum atomic E-state index is -2.59. The number of rotatable bonds is 9. The molecule has 6 rings (SSSR count). The SMILES string of the molecule is COc1ccc(C[SH](=O)=O)cc1-n1nc(NCCN2CCOCC2)c2cnc(-c3cnn4cccnc34)cc21. The summed E-state index contributed by atoms with van der Waals surface area (Å²) in [4.78, 5) is 11.6. The normalized spacial score (nSPS) is 14.4. The van der Waals surface area contributed by atoms with Crippen molar-refractivity contribution in [3.05, 3.63) is 60.7 Å². The number of fused-ring (bicyclic) bond motifs is 2. The van der Waals surface area contributed by atoms with Crippen molar-refractivity contribution in [2.45, 2.75) is 5.75 Å². The van der Waals surface area contributed by atoms with Gasteiger partial charge in [0.2, 0.25) is 0 Å². The van der Waals surface area contributed by atoms with Gasteiger partial charge in [-0.05, 0) is 29.8 Å². The number of hydrogen-bond acceptors (Lipinski definition) is 10. The molecule has 5 heterocycles. The fourth-order valence-electron chi connectivity index (χ4n) is 4.79. The summed E-state index contributed by atoms with van der Waals surface area (Å²) in [5.41, 5.74) is 4.23. The van der Waals surface area contributed by atoms with Gasteiger partial charge in [0, 0.05) is 44.8 Å². The number of ether oxygens (including phenoxy) is 2. The first-order valence-electron chi connectivity index (χ1n) is 12.6. The first kappa shape index (κ1) is 25.2. The molecule has 0 atom stereocenters. The highest BCUT2D eigenvalue weighted by Gasteiger charge is 2.19. The highest BCUT2D eigenvalue weighted by atomic mass is 32.2. The molecule has 0 unspecified atom stereocenters. The topological polar surface area (TPSA) is 129 Å². The number of benzene rings is 1. The van der Waals surface area contributed by atoms with Crippen LogP contribution in [0.1, 0.15) is 5.56 Å². The zero-order valence-corrected chi connectivity index (χ0v) is 22.3. The number of methoxy groups -OCH3 is 1. The van der Waals surface area contributed by atoms with Crippen LogP contribution >= 0.6 is 0 Å². The van der Waals surface area contributed by atoms with E-state index in [1.807, 2.05) is 18.3 Å². The fraction of sp³-hybridized carbons (Fsp3) is 0.308. The van der Waals surface area contributed by atoms with Crippen LogP contribution in [0.2, 0.25) is 0 Å². The van der Waals surface area contributed by atoms with Gasteiger partial charge in [0.15, 0.2) is 11.5 Å². The number of pyridine rings is 1. The fourth-order valence-corrected chi connectivity index (χ4v) is 5.28. The number of aromatic nitrogens is 6. The molecule has 1 fully saturated rings. The van der Waals surface area contributed by atoms with Gasteiger partial charge in [-0.15, -0.1) is 5.10 Å². The molecule has 13 heteroatoms. The zero-order chi connectivity index (χ0) is 26.8. The van der Waals surface area contributed by atoms with Crippen molar-refractivity contribution < 1.29 is 17.9 Å². The highest BCUT2D eigenvalue weighted by molar-refractivity contribution is 7.71. The van der Waals surface area contributed by atoms with Gasteiger partial charge in [0.1, 0.15) is 22.1 Å². The summed E-state index contributed by atoms with van der Waals surface area (Å²) in [6.07, 6.45) is 7.09. The van der Waals surface area contributed by atoms with Crippen LogP contribution in [0, 0.1) is 0 Å². The lowest BCUT2D eigenvalue weighted by molar-refractivity contribution is 0.0398. The van der Waals surface area contributed by atoms with Crippen LogP contribution in [-0.2, 0) is 21.2 Å². The Kier molecular flexibility index (Phi) is 7.09. The van der Waals surface area contributed by atoms with E-state index in [0.29, 0.717) is 40.7 Å². The quantitative estimate of drug-likeness (QED) is 0.264. The molecule has 0 bridgehead atoms. The monoisotopic (exact) mass is 548 g/mol. The Morgan fingerprint density at radius 1 is 1.13 bits per heavy atom. The minimum Gasteiger partial charge on any atom is -0.494 e. The maximum absolute atomic E-state index is 11.5. The first-order chi connectivity index (χ1) is 19.1. The van der Waals surface area contributed by atoms with Crippen LogP contribution in [0.15, 0.2) is 55.1 Å². The van der Waals surface area contributed by atoms with E-state index in [-0.39, 0.29) is 5.75 Å². The molecule has 39 heavy (non-hydrogen) atoms. The molecule has 0 spiro atoms. The number of nitrogens with zero attached hydrogens (tertiary/aromatic N) is 7. The van der Waals surface area contributed by atoms with Crippen molar-refractivity contribution in [2.24, 2.45) is 0 Å². The molecule has 1 aliphatic rings. The van der Waals surface area contributed by atoms with E-state index in [0.717, 1.165) is 49.3 Å². The van der Waals surface area contributed by atoms with Crippen molar-refractivity contribution in [3.8, 4) is 22.7 Å². The van der Waals surface area contributed by atoms with Gasteiger partial charge in [0.25, 0.3) is 0 Å². The predicted octanol–water partition coefficient (Wildman–Crippen LogP) is 1.99. The molecule has 12 nitrogen and oxygen atoms in total. The van der Waals surface area contributed by atoms with Crippen molar-refractivity contribution in [3.63, 3.8) is 0 Å². The second kappa shape index (κ2) is 11.0. The average molecular weight is 549 g/mol. The molecule has 1 saturated heterocycles. The average Bonchev–Trinajstić information content (AvgIpc) is 3.55. The minimum absolute atomic E-state index is 0.0724.